The second-order valence-corrected chi connectivity index (χ2v) is 4.78. The highest BCUT2D eigenvalue weighted by atomic mass is 16.6. The van der Waals surface area contributed by atoms with Crippen molar-refractivity contribution in [1.29, 1.82) is 0 Å². The fourth-order valence-electron chi connectivity index (χ4n) is 2.09. The van der Waals surface area contributed by atoms with Gasteiger partial charge in [0.15, 0.2) is 6.61 Å². The van der Waals surface area contributed by atoms with Crippen LogP contribution in [0.15, 0.2) is 30.3 Å². The molecule has 1 aliphatic rings. The van der Waals surface area contributed by atoms with Gasteiger partial charge in [0.05, 0.1) is 5.92 Å². The van der Waals surface area contributed by atoms with Crippen LogP contribution in [0.25, 0.3) is 0 Å². The molecule has 1 heterocycles. The summed E-state index contributed by atoms with van der Waals surface area (Å²) in [5, 5.41) is 3.17. The maximum atomic E-state index is 11.7. The van der Waals surface area contributed by atoms with Gasteiger partial charge in [-0.2, -0.15) is 0 Å². The molecule has 108 valence electrons. The minimum atomic E-state index is -0.517. The van der Waals surface area contributed by atoms with Gasteiger partial charge < -0.3 is 14.8 Å². The van der Waals surface area contributed by atoms with Crippen molar-refractivity contribution in [3.05, 3.63) is 35.9 Å². The number of hydrogen-bond acceptors (Lipinski definition) is 5. The van der Waals surface area contributed by atoms with Gasteiger partial charge in [-0.15, -0.1) is 0 Å². The minimum absolute atomic E-state index is 0.0989. The Morgan fingerprint density at radius 2 is 1.80 bits per heavy atom. The van der Waals surface area contributed by atoms with Crippen LogP contribution in [0.1, 0.15) is 18.4 Å². The minimum Gasteiger partial charge on any atom is -0.458 e. The van der Waals surface area contributed by atoms with Crippen LogP contribution in [0.4, 0.5) is 0 Å². The zero-order valence-corrected chi connectivity index (χ0v) is 11.3. The third-order valence-corrected chi connectivity index (χ3v) is 3.25. The molecule has 1 fully saturated rings. The molecule has 1 N–H and O–H groups in total. The van der Waals surface area contributed by atoms with Gasteiger partial charge in [0.25, 0.3) is 0 Å². The molecule has 1 aromatic carbocycles. The molecular weight excluding hydrogens is 258 g/mol. The maximum absolute atomic E-state index is 11.7. The molecule has 0 unspecified atom stereocenters. The summed E-state index contributed by atoms with van der Waals surface area (Å²) >= 11 is 0. The molecule has 0 atom stereocenters. The molecule has 0 amide bonds. The Morgan fingerprint density at radius 1 is 1.10 bits per heavy atom. The van der Waals surface area contributed by atoms with Gasteiger partial charge in [0.1, 0.15) is 6.61 Å². The second kappa shape index (κ2) is 7.65. The van der Waals surface area contributed by atoms with E-state index in [1.165, 1.54) is 0 Å². The van der Waals surface area contributed by atoms with Gasteiger partial charge in [-0.25, -0.2) is 4.79 Å². The van der Waals surface area contributed by atoms with Crippen LogP contribution in [0.3, 0.4) is 0 Å². The fraction of sp³-hybridized carbons (Fsp3) is 0.467. The van der Waals surface area contributed by atoms with Crippen molar-refractivity contribution in [1.82, 2.24) is 5.32 Å². The maximum Gasteiger partial charge on any atom is 0.344 e. The van der Waals surface area contributed by atoms with Crippen LogP contribution in [-0.2, 0) is 25.7 Å². The van der Waals surface area contributed by atoms with Crippen LogP contribution in [0.2, 0.25) is 0 Å². The molecule has 1 saturated heterocycles. The predicted octanol–water partition coefficient (Wildman–Crippen LogP) is 1.27. The summed E-state index contributed by atoms with van der Waals surface area (Å²) in [6.45, 7) is 1.52. The van der Waals surface area contributed by atoms with E-state index < -0.39 is 5.97 Å². The molecule has 2 rings (SSSR count). The third-order valence-electron chi connectivity index (χ3n) is 3.25. The number of benzene rings is 1. The molecule has 1 aliphatic heterocycles. The molecule has 1 aromatic rings. The van der Waals surface area contributed by atoms with E-state index in [0.29, 0.717) is 0 Å². The quantitative estimate of drug-likeness (QED) is 0.821. The Bertz CT molecular complexity index is 440. The number of rotatable bonds is 5. The molecule has 0 radical (unpaired) electrons. The molecular formula is C15H19NO4. The fourth-order valence-corrected chi connectivity index (χ4v) is 2.09. The highest BCUT2D eigenvalue weighted by Gasteiger charge is 2.23. The first-order valence-corrected chi connectivity index (χ1v) is 6.82. The number of carbonyl (C=O) groups excluding carboxylic acids is 2. The highest BCUT2D eigenvalue weighted by molar-refractivity contribution is 5.77. The third kappa shape index (κ3) is 4.66. The highest BCUT2D eigenvalue weighted by Crippen LogP contribution is 2.13. The van der Waals surface area contributed by atoms with Gasteiger partial charge in [-0.1, -0.05) is 30.3 Å². The van der Waals surface area contributed by atoms with E-state index in [9.17, 15) is 9.59 Å². The first-order valence-electron chi connectivity index (χ1n) is 6.82. The van der Waals surface area contributed by atoms with Gasteiger partial charge in [-0.05, 0) is 31.5 Å². The van der Waals surface area contributed by atoms with E-state index in [1.54, 1.807) is 0 Å². The standard InChI is InChI=1S/C15H19NO4/c17-14(19-10-12-4-2-1-3-5-12)11-20-15(18)13-6-8-16-9-7-13/h1-5,13,16H,6-11H2. The molecule has 5 nitrogen and oxygen atoms in total. The van der Waals surface area contributed by atoms with Crippen LogP contribution in [-0.4, -0.2) is 31.6 Å². The summed E-state index contributed by atoms with van der Waals surface area (Å²) in [4.78, 5) is 23.2. The van der Waals surface area contributed by atoms with Crippen LogP contribution >= 0.6 is 0 Å². The first kappa shape index (κ1) is 14.5. The molecule has 0 aromatic heterocycles. The molecule has 0 spiro atoms. The summed E-state index contributed by atoms with van der Waals surface area (Å²) in [5.41, 5.74) is 0.908. The lowest BCUT2D eigenvalue weighted by atomic mass is 9.99. The zero-order chi connectivity index (χ0) is 14.2. The van der Waals surface area contributed by atoms with E-state index in [4.69, 9.17) is 9.47 Å². The summed E-state index contributed by atoms with van der Waals surface area (Å²) in [6, 6.07) is 9.38. The summed E-state index contributed by atoms with van der Waals surface area (Å²) in [6.07, 6.45) is 1.52. The Kier molecular flexibility index (Phi) is 5.55. The molecule has 0 aliphatic carbocycles. The number of esters is 2. The van der Waals surface area contributed by atoms with Crippen molar-refractivity contribution in [2.24, 2.45) is 5.92 Å². The molecule has 0 bridgehead atoms. The van der Waals surface area contributed by atoms with Crippen molar-refractivity contribution >= 4 is 11.9 Å². The summed E-state index contributed by atoms with van der Waals surface area (Å²) in [5.74, 6) is -0.919. The molecule has 20 heavy (non-hydrogen) atoms. The monoisotopic (exact) mass is 277 g/mol. The SMILES string of the molecule is O=C(COC(=O)C1CCNCC1)OCc1ccccc1. The van der Waals surface area contributed by atoms with Crippen LogP contribution in [0.5, 0.6) is 0 Å². The predicted molar refractivity (Wildman–Crippen MR) is 72.8 cm³/mol. The average Bonchev–Trinajstić information content (AvgIpc) is 2.52. The normalized spacial score (nSPS) is 15.6. The number of ether oxygens (including phenoxy) is 2. The summed E-state index contributed by atoms with van der Waals surface area (Å²) < 4.78 is 10.0. The molecule has 5 heteroatoms. The Labute approximate surface area is 118 Å². The van der Waals surface area contributed by atoms with Gasteiger partial charge in [-0.3, -0.25) is 4.79 Å². The van der Waals surface area contributed by atoms with Crippen molar-refractivity contribution in [2.45, 2.75) is 19.4 Å². The number of hydrogen-bond donors (Lipinski definition) is 1. The van der Waals surface area contributed by atoms with Crippen molar-refractivity contribution < 1.29 is 19.1 Å². The van der Waals surface area contributed by atoms with E-state index in [0.717, 1.165) is 31.5 Å². The second-order valence-electron chi connectivity index (χ2n) is 4.78. The van der Waals surface area contributed by atoms with Gasteiger partial charge in [0, 0.05) is 0 Å². The summed E-state index contributed by atoms with van der Waals surface area (Å²) in [7, 11) is 0. The smallest absolute Gasteiger partial charge is 0.344 e. The van der Waals surface area contributed by atoms with Crippen LogP contribution in [0, 0.1) is 5.92 Å². The van der Waals surface area contributed by atoms with Crippen LogP contribution < -0.4 is 5.32 Å². The lowest BCUT2D eigenvalue weighted by molar-refractivity contribution is -0.162. The van der Waals surface area contributed by atoms with Gasteiger partial charge in [0.2, 0.25) is 0 Å². The number of piperidine rings is 1. The van der Waals surface area contributed by atoms with E-state index in [-0.39, 0.29) is 25.1 Å². The Balaban J connectivity index is 1.65. The van der Waals surface area contributed by atoms with Crippen molar-refractivity contribution in [2.75, 3.05) is 19.7 Å². The Hall–Kier alpha value is -1.88. The Morgan fingerprint density at radius 3 is 2.50 bits per heavy atom. The lowest BCUT2D eigenvalue weighted by Gasteiger charge is -2.20. The largest absolute Gasteiger partial charge is 0.458 e. The number of carbonyl (C=O) groups is 2. The van der Waals surface area contributed by atoms with Crippen molar-refractivity contribution in [3.63, 3.8) is 0 Å². The average molecular weight is 277 g/mol. The zero-order valence-electron chi connectivity index (χ0n) is 11.3. The molecule has 0 saturated carbocycles. The van der Waals surface area contributed by atoms with Crippen molar-refractivity contribution in [3.8, 4) is 0 Å². The lowest BCUT2D eigenvalue weighted by Crippen LogP contribution is -2.33. The number of nitrogens with one attached hydrogen (secondary N) is 1. The van der Waals surface area contributed by atoms with E-state index in [1.807, 2.05) is 30.3 Å². The first-order chi connectivity index (χ1) is 9.75. The van der Waals surface area contributed by atoms with E-state index >= 15 is 0 Å². The van der Waals surface area contributed by atoms with Gasteiger partial charge >= 0.3 is 11.9 Å². The topological polar surface area (TPSA) is 64.6 Å². The van der Waals surface area contributed by atoms with E-state index in [2.05, 4.69) is 5.32 Å².